The zero-order valence-corrected chi connectivity index (χ0v) is 14.8. The fourth-order valence-corrected chi connectivity index (χ4v) is 4.35. The van der Waals surface area contributed by atoms with Crippen molar-refractivity contribution in [3.63, 3.8) is 0 Å². The number of nitro benzene ring substituents is 1. The molecule has 0 aliphatic carbocycles. The van der Waals surface area contributed by atoms with Crippen molar-refractivity contribution in [2.45, 2.75) is 38.3 Å². The topological polar surface area (TPSA) is 98.3 Å². The van der Waals surface area contributed by atoms with E-state index in [0.29, 0.717) is 0 Å². The van der Waals surface area contributed by atoms with Gasteiger partial charge >= 0.3 is 0 Å². The van der Waals surface area contributed by atoms with Crippen LogP contribution in [0.25, 0.3) is 0 Å². The highest BCUT2D eigenvalue weighted by molar-refractivity contribution is 7.89. The number of aryl methyl sites for hydroxylation is 1. The van der Waals surface area contributed by atoms with E-state index in [1.54, 1.807) is 38.0 Å². The van der Waals surface area contributed by atoms with E-state index in [9.17, 15) is 18.5 Å². The van der Waals surface area contributed by atoms with Gasteiger partial charge in [-0.25, -0.2) is 8.42 Å². The van der Waals surface area contributed by atoms with Gasteiger partial charge in [0.25, 0.3) is 5.69 Å². The second kappa shape index (κ2) is 6.70. The molecule has 0 bridgehead atoms. The summed E-state index contributed by atoms with van der Waals surface area (Å²) < 4.78 is 29.0. The molecule has 1 aromatic carbocycles. The van der Waals surface area contributed by atoms with Crippen molar-refractivity contribution in [2.75, 3.05) is 0 Å². The van der Waals surface area contributed by atoms with Gasteiger partial charge in [-0.3, -0.25) is 14.8 Å². The molecule has 0 saturated carbocycles. The Morgan fingerprint density at radius 2 is 2.04 bits per heavy atom. The predicted octanol–water partition coefficient (Wildman–Crippen LogP) is 2.24. The molecule has 0 atom stereocenters. The lowest BCUT2D eigenvalue weighted by molar-refractivity contribution is -0.385. The van der Waals surface area contributed by atoms with Crippen LogP contribution in [0.1, 0.15) is 25.0 Å². The molecule has 130 valence electrons. The molecule has 0 radical (unpaired) electrons. The third-order valence-electron chi connectivity index (χ3n) is 3.71. The van der Waals surface area contributed by atoms with E-state index in [2.05, 4.69) is 5.10 Å². The Balaban J connectivity index is 2.49. The minimum absolute atomic E-state index is 0.0470. The van der Waals surface area contributed by atoms with Crippen molar-refractivity contribution in [3.05, 3.63) is 51.8 Å². The summed E-state index contributed by atoms with van der Waals surface area (Å²) in [7, 11) is -2.13. The lowest BCUT2D eigenvalue weighted by atomic mass is 10.2. The summed E-state index contributed by atoms with van der Waals surface area (Å²) in [5.74, 6) is 0. The maximum atomic E-state index is 13.1. The highest BCUT2D eigenvalue weighted by Gasteiger charge is 2.31. The minimum atomic E-state index is -3.88. The van der Waals surface area contributed by atoms with Crippen LogP contribution in [0.15, 0.2) is 35.5 Å². The molecule has 0 spiro atoms. The number of nitrogens with zero attached hydrogens (tertiary/aromatic N) is 4. The highest BCUT2D eigenvalue weighted by Crippen LogP contribution is 2.29. The second-order valence-electron chi connectivity index (χ2n) is 5.82. The normalized spacial score (nSPS) is 12.1. The Morgan fingerprint density at radius 1 is 1.38 bits per heavy atom. The first-order valence-electron chi connectivity index (χ1n) is 7.38. The van der Waals surface area contributed by atoms with E-state index < -0.39 is 14.9 Å². The van der Waals surface area contributed by atoms with Gasteiger partial charge in [0.05, 0.1) is 16.0 Å². The summed E-state index contributed by atoms with van der Waals surface area (Å²) >= 11 is 0. The van der Waals surface area contributed by atoms with Crippen LogP contribution in [-0.2, 0) is 23.6 Å². The average molecular weight is 352 g/mol. The Labute approximate surface area is 140 Å². The first kappa shape index (κ1) is 18.1. The first-order valence-corrected chi connectivity index (χ1v) is 8.82. The minimum Gasteiger partial charge on any atom is -0.275 e. The molecule has 0 saturated heterocycles. The van der Waals surface area contributed by atoms with Crippen LogP contribution in [0.4, 0.5) is 5.69 Å². The van der Waals surface area contributed by atoms with E-state index in [1.165, 1.54) is 29.4 Å². The van der Waals surface area contributed by atoms with Crippen molar-refractivity contribution >= 4 is 15.7 Å². The highest BCUT2D eigenvalue weighted by atomic mass is 32.2. The lowest BCUT2D eigenvalue weighted by Gasteiger charge is -2.26. The van der Waals surface area contributed by atoms with Gasteiger partial charge in [-0.1, -0.05) is 6.07 Å². The van der Waals surface area contributed by atoms with Crippen molar-refractivity contribution in [1.29, 1.82) is 0 Å². The maximum Gasteiger partial charge on any atom is 0.273 e. The lowest BCUT2D eigenvalue weighted by Crippen LogP contribution is -2.36. The zero-order chi connectivity index (χ0) is 18.1. The Kier molecular flexibility index (Phi) is 5.05. The second-order valence-corrected chi connectivity index (χ2v) is 7.68. The fraction of sp³-hybridized carbons (Fsp3) is 0.400. The number of benzene rings is 1. The molecule has 0 unspecified atom stereocenters. The van der Waals surface area contributed by atoms with E-state index in [4.69, 9.17) is 0 Å². The van der Waals surface area contributed by atoms with Crippen molar-refractivity contribution < 1.29 is 13.3 Å². The Bertz CT molecular complexity index is 858. The molecule has 0 amide bonds. The maximum absolute atomic E-state index is 13.1. The summed E-state index contributed by atoms with van der Waals surface area (Å²) in [6.45, 7) is 5.13. The van der Waals surface area contributed by atoms with Crippen molar-refractivity contribution in [3.8, 4) is 0 Å². The van der Waals surface area contributed by atoms with Gasteiger partial charge in [-0.2, -0.15) is 9.40 Å². The molecule has 0 aliphatic rings. The fourth-order valence-electron chi connectivity index (χ4n) is 2.49. The van der Waals surface area contributed by atoms with E-state index in [1.807, 2.05) is 0 Å². The number of rotatable bonds is 6. The quantitative estimate of drug-likeness (QED) is 0.586. The van der Waals surface area contributed by atoms with Gasteiger partial charge < -0.3 is 0 Å². The summed E-state index contributed by atoms with van der Waals surface area (Å²) in [4.78, 5) is 10.5. The van der Waals surface area contributed by atoms with Gasteiger partial charge in [-0.05, 0) is 26.8 Å². The Hall–Kier alpha value is -2.26. The van der Waals surface area contributed by atoms with Gasteiger partial charge in [0.2, 0.25) is 10.0 Å². The van der Waals surface area contributed by atoms with Crippen molar-refractivity contribution in [1.82, 2.24) is 14.1 Å². The summed E-state index contributed by atoms with van der Waals surface area (Å²) in [6, 6.07) is 3.78. The average Bonchev–Trinajstić information content (AvgIpc) is 2.89. The largest absolute Gasteiger partial charge is 0.275 e. The molecule has 2 rings (SSSR count). The first-order chi connectivity index (χ1) is 11.1. The molecule has 0 fully saturated rings. The number of hydrogen-bond donors (Lipinski definition) is 0. The molecule has 1 heterocycles. The number of hydrogen-bond acceptors (Lipinski definition) is 5. The summed E-state index contributed by atoms with van der Waals surface area (Å²) in [6.07, 6.45) is 3.34. The summed E-state index contributed by atoms with van der Waals surface area (Å²) in [5.41, 5.74) is 0.679. The Morgan fingerprint density at radius 3 is 2.54 bits per heavy atom. The monoisotopic (exact) mass is 352 g/mol. The molecule has 9 heteroatoms. The number of sulfonamides is 1. The molecular formula is C15H20N4O4S. The molecule has 1 aromatic heterocycles. The van der Waals surface area contributed by atoms with Crippen LogP contribution in [0.3, 0.4) is 0 Å². The standard InChI is InChI=1S/C15H20N4O4S/c1-11(2)18(10-13-8-16-17(4)9-13)24(22,23)15-7-5-6-14(12(15)3)19(20)21/h5-9,11H,10H2,1-4H3. The van der Waals surface area contributed by atoms with Crippen molar-refractivity contribution in [2.24, 2.45) is 7.05 Å². The third-order valence-corrected chi connectivity index (χ3v) is 5.88. The smallest absolute Gasteiger partial charge is 0.273 e. The molecule has 0 N–H and O–H groups in total. The third kappa shape index (κ3) is 3.46. The van der Waals surface area contributed by atoms with Gasteiger partial charge in [0.15, 0.2) is 0 Å². The predicted molar refractivity (Wildman–Crippen MR) is 88.9 cm³/mol. The molecule has 24 heavy (non-hydrogen) atoms. The van der Waals surface area contributed by atoms with Crippen LogP contribution in [0, 0.1) is 17.0 Å². The van der Waals surface area contributed by atoms with Crippen LogP contribution in [0.2, 0.25) is 0 Å². The molecule has 2 aromatic rings. The van der Waals surface area contributed by atoms with Crippen LogP contribution >= 0.6 is 0 Å². The van der Waals surface area contributed by atoms with E-state index in [0.717, 1.165) is 5.56 Å². The molecule has 0 aliphatic heterocycles. The van der Waals surface area contributed by atoms with Crippen LogP contribution < -0.4 is 0 Å². The van der Waals surface area contributed by atoms with E-state index >= 15 is 0 Å². The SMILES string of the molecule is Cc1c([N+](=O)[O-])cccc1S(=O)(=O)N(Cc1cnn(C)c1)C(C)C. The van der Waals surface area contributed by atoms with Gasteiger partial charge in [0, 0.05) is 43.0 Å². The van der Waals surface area contributed by atoms with E-state index in [-0.39, 0.29) is 28.7 Å². The zero-order valence-electron chi connectivity index (χ0n) is 14.0. The van der Waals surface area contributed by atoms with Gasteiger partial charge in [0.1, 0.15) is 0 Å². The molecule has 8 nitrogen and oxygen atoms in total. The number of aromatic nitrogens is 2. The molecular weight excluding hydrogens is 332 g/mol. The van der Waals surface area contributed by atoms with Crippen LogP contribution in [0.5, 0.6) is 0 Å². The summed E-state index contributed by atoms with van der Waals surface area (Å²) in [5, 5.41) is 15.1. The van der Waals surface area contributed by atoms with Gasteiger partial charge in [-0.15, -0.1) is 0 Å². The van der Waals surface area contributed by atoms with Crippen LogP contribution in [-0.4, -0.2) is 33.5 Å². The number of nitro groups is 1.